The van der Waals surface area contributed by atoms with E-state index in [-0.39, 0.29) is 11.8 Å². The van der Waals surface area contributed by atoms with Gasteiger partial charge in [0, 0.05) is 12.5 Å². The molecule has 1 heterocycles. The van der Waals surface area contributed by atoms with Crippen molar-refractivity contribution in [2.24, 2.45) is 5.92 Å². The molecule has 1 aliphatic rings. The minimum absolute atomic E-state index is 0.192. The highest BCUT2D eigenvalue weighted by Crippen LogP contribution is 2.13. The highest BCUT2D eigenvalue weighted by Gasteiger charge is 2.20. The number of aryl methyl sites for hydroxylation is 2. The fourth-order valence-electron chi connectivity index (χ4n) is 2.59. The first-order chi connectivity index (χ1) is 8.65. The Balaban J connectivity index is 1.88. The summed E-state index contributed by atoms with van der Waals surface area (Å²) in [7, 11) is 0. The Hall–Kier alpha value is -1.35. The van der Waals surface area contributed by atoms with E-state index in [9.17, 15) is 4.79 Å². The van der Waals surface area contributed by atoms with Gasteiger partial charge in [-0.2, -0.15) is 0 Å². The lowest BCUT2D eigenvalue weighted by Gasteiger charge is -2.21. The van der Waals surface area contributed by atoms with E-state index in [1.165, 1.54) is 16.7 Å². The van der Waals surface area contributed by atoms with E-state index >= 15 is 0 Å². The second-order valence-electron chi connectivity index (χ2n) is 5.24. The highest BCUT2D eigenvalue weighted by atomic mass is 16.1. The van der Waals surface area contributed by atoms with Crippen LogP contribution < -0.4 is 10.6 Å². The van der Waals surface area contributed by atoms with Gasteiger partial charge in [-0.15, -0.1) is 0 Å². The average Bonchev–Trinajstić information content (AvgIpc) is 2.36. The van der Waals surface area contributed by atoms with Gasteiger partial charge in [0.1, 0.15) is 0 Å². The van der Waals surface area contributed by atoms with E-state index in [0.29, 0.717) is 6.54 Å². The average molecular weight is 246 g/mol. The van der Waals surface area contributed by atoms with Gasteiger partial charge < -0.3 is 10.6 Å². The minimum atomic E-state index is 0.192. The number of benzene rings is 1. The maximum atomic E-state index is 12.0. The van der Waals surface area contributed by atoms with E-state index in [2.05, 4.69) is 42.7 Å². The molecule has 98 valence electrons. The van der Waals surface area contributed by atoms with Crippen molar-refractivity contribution in [3.05, 3.63) is 34.9 Å². The highest BCUT2D eigenvalue weighted by molar-refractivity contribution is 5.78. The van der Waals surface area contributed by atoms with Gasteiger partial charge in [0.25, 0.3) is 0 Å². The summed E-state index contributed by atoms with van der Waals surface area (Å²) < 4.78 is 0. The van der Waals surface area contributed by atoms with Crippen molar-refractivity contribution in [1.82, 2.24) is 10.6 Å². The summed E-state index contributed by atoms with van der Waals surface area (Å²) in [5.74, 6) is 0.396. The smallest absolute Gasteiger partial charge is 0.223 e. The van der Waals surface area contributed by atoms with Crippen LogP contribution in [0.2, 0.25) is 0 Å². The van der Waals surface area contributed by atoms with Crippen LogP contribution in [0.25, 0.3) is 0 Å². The Kier molecular flexibility index (Phi) is 4.37. The van der Waals surface area contributed by atoms with Gasteiger partial charge in [-0.05, 0) is 45.3 Å². The van der Waals surface area contributed by atoms with Crippen LogP contribution in [0.5, 0.6) is 0 Å². The summed E-state index contributed by atoms with van der Waals surface area (Å²) in [6.07, 6.45) is 1.91. The predicted molar refractivity (Wildman–Crippen MR) is 73.4 cm³/mol. The third kappa shape index (κ3) is 3.57. The first kappa shape index (κ1) is 13.1. The maximum absolute atomic E-state index is 12.0. The molecule has 1 aromatic carbocycles. The molecular formula is C15H22N2O. The van der Waals surface area contributed by atoms with E-state index in [4.69, 9.17) is 0 Å². The van der Waals surface area contributed by atoms with Gasteiger partial charge in [0.2, 0.25) is 5.91 Å². The molecule has 3 nitrogen and oxygen atoms in total. The molecule has 3 heteroatoms. The van der Waals surface area contributed by atoms with Gasteiger partial charge >= 0.3 is 0 Å². The number of hydrogen-bond acceptors (Lipinski definition) is 2. The molecule has 1 saturated heterocycles. The largest absolute Gasteiger partial charge is 0.352 e. The van der Waals surface area contributed by atoms with Gasteiger partial charge in [-0.25, -0.2) is 0 Å². The normalized spacial score (nSPS) is 16.6. The van der Waals surface area contributed by atoms with E-state index in [1.54, 1.807) is 0 Å². The molecule has 0 aromatic heterocycles. The molecule has 0 aliphatic carbocycles. The standard InChI is InChI=1S/C15H22N2O/c1-11-7-12(2)9-13(8-11)10-17-15(18)14-3-5-16-6-4-14/h7-9,14,16H,3-6,10H2,1-2H3,(H,17,18). The topological polar surface area (TPSA) is 41.1 Å². The van der Waals surface area contributed by atoms with Crippen LogP contribution in [0.3, 0.4) is 0 Å². The monoisotopic (exact) mass is 246 g/mol. The van der Waals surface area contributed by atoms with Crippen LogP contribution in [0.4, 0.5) is 0 Å². The second kappa shape index (κ2) is 6.01. The summed E-state index contributed by atoms with van der Waals surface area (Å²) in [6.45, 7) is 6.74. The fourth-order valence-corrected chi connectivity index (χ4v) is 2.59. The van der Waals surface area contributed by atoms with E-state index in [1.807, 2.05) is 0 Å². The molecule has 1 aliphatic heterocycles. The van der Waals surface area contributed by atoms with Crippen molar-refractivity contribution in [2.45, 2.75) is 33.2 Å². The number of piperidine rings is 1. The molecule has 0 unspecified atom stereocenters. The maximum Gasteiger partial charge on any atom is 0.223 e. The third-order valence-corrected chi connectivity index (χ3v) is 3.46. The van der Waals surface area contributed by atoms with Crippen LogP contribution in [0.15, 0.2) is 18.2 Å². The molecule has 18 heavy (non-hydrogen) atoms. The van der Waals surface area contributed by atoms with Crippen molar-refractivity contribution in [3.63, 3.8) is 0 Å². The molecule has 2 rings (SSSR count). The number of rotatable bonds is 3. The SMILES string of the molecule is Cc1cc(C)cc(CNC(=O)C2CCNCC2)c1. The minimum Gasteiger partial charge on any atom is -0.352 e. The molecule has 0 radical (unpaired) electrons. The van der Waals surface area contributed by atoms with Crippen LogP contribution in [0.1, 0.15) is 29.5 Å². The molecule has 1 fully saturated rings. The van der Waals surface area contributed by atoms with Crippen molar-refractivity contribution < 1.29 is 4.79 Å². The quantitative estimate of drug-likeness (QED) is 0.855. The summed E-state index contributed by atoms with van der Waals surface area (Å²) in [5, 5.41) is 6.33. The summed E-state index contributed by atoms with van der Waals surface area (Å²) in [6, 6.07) is 6.42. The van der Waals surface area contributed by atoms with Crippen molar-refractivity contribution in [1.29, 1.82) is 0 Å². The van der Waals surface area contributed by atoms with Gasteiger partial charge in [0.15, 0.2) is 0 Å². The Morgan fingerprint density at radius 2 is 1.83 bits per heavy atom. The third-order valence-electron chi connectivity index (χ3n) is 3.46. The van der Waals surface area contributed by atoms with E-state index < -0.39 is 0 Å². The van der Waals surface area contributed by atoms with Gasteiger partial charge in [-0.3, -0.25) is 4.79 Å². The molecule has 0 atom stereocenters. The Labute approximate surface area is 109 Å². The zero-order valence-corrected chi connectivity index (χ0v) is 11.3. The number of carbonyl (C=O) groups is 1. The van der Waals surface area contributed by atoms with Crippen molar-refractivity contribution in [3.8, 4) is 0 Å². The van der Waals surface area contributed by atoms with E-state index in [0.717, 1.165) is 25.9 Å². The Morgan fingerprint density at radius 3 is 2.44 bits per heavy atom. The van der Waals surface area contributed by atoms with Gasteiger partial charge in [0.05, 0.1) is 0 Å². The number of nitrogens with one attached hydrogen (secondary N) is 2. The summed E-state index contributed by atoms with van der Waals surface area (Å²) in [4.78, 5) is 12.0. The van der Waals surface area contributed by atoms with Gasteiger partial charge in [-0.1, -0.05) is 29.3 Å². The number of carbonyl (C=O) groups excluding carboxylic acids is 1. The van der Waals surface area contributed by atoms with Crippen LogP contribution in [-0.2, 0) is 11.3 Å². The first-order valence-corrected chi connectivity index (χ1v) is 6.71. The molecular weight excluding hydrogens is 224 g/mol. The lowest BCUT2D eigenvalue weighted by molar-refractivity contribution is -0.125. The van der Waals surface area contributed by atoms with Crippen molar-refractivity contribution in [2.75, 3.05) is 13.1 Å². The first-order valence-electron chi connectivity index (χ1n) is 6.71. The lowest BCUT2D eigenvalue weighted by Crippen LogP contribution is -2.37. The van der Waals surface area contributed by atoms with Crippen LogP contribution in [-0.4, -0.2) is 19.0 Å². The zero-order valence-electron chi connectivity index (χ0n) is 11.3. The molecule has 0 spiro atoms. The summed E-state index contributed by atoms with van der Waals surface area (Å²) >= 11 is 0. The zero-order chi connectivity index (χ0) is 13.0. The molecule has 2 N–H and O–H groups in total. The Bertz CT molecular complexity index is 402. The molecule has 0 bridgehead atoms. The predicted octanol–water partition coefficient (Wildman–Crippen LogP) is 1.92. The molecule has 0 saturated carbocycles. The Morgan fingerprint density at radius 1 is 1.22 bits per heavy atom. The lowest BCUT2D eigenvalue weighted by atomic mass is 9.97. The summed E-state index contributed by atoms with van der Waals surface area (Å²) in [5.41, 5.74) is 3.69. The number of hydrogen-bond donors (Lipinski definition) is 2. The van der Waals surface area contributed by atoms with Crippen molar-refractivity contribution >= 4 is 5.91 Å². The fraction of sp³-hybridized carbons (Fsp3) is 0.533. The molecule has 1 amide bonds. The van der Waals surface area contributed by atoms with Crippen LogP contribution in [0, 0.1) is 19.8 Å². The van der Waals surface area contributed by atoms with Crippen LogP contribution >= 0.6 is 0 Å². The molecule has 1 aromatic rings. The second-order valence-corrected chi connectivity index (χ2v) is 5.24. The number of amides is 1.